The van der Waals surface area contributed by atoms with Crippen molar-refractivity contribution in [1.29, 1.82) is 0 Å². The molecule has 8 heteroatoms. The number of fused-ring (bicyclic) bond motifs is 1. The average molecular weight is 358 g/mol. The Morgan fingerprint density at radius 1 is 1.04 bits per heavy atom. The van der Waals surface area contributed by atoms with Crippen molar-refractivity contribution >= 4 is 19.9 Å². The van der Waals surface area contributed by atoms with Crippen LogP contribution in [0.3, 0.4) is 0 Å². The third-order valence-electron chi connectivity index (χ3n) is 4.90. The Morgan fingerprint density at radius 2 is 1.70 bits per heavy atom. The molecule has 3 rings (SSSR count). The number of nitrogens with zero attached hydrogens (tertiary/aromatic N) is 2. The Kier molecular flexibility index (Phi) is 4.52. The molecule has 0 aliphatic carbocycles. The van der Waals surface area contributed by atoms with Crippen molar-refractivity contribution in [2.45, 2.75) is 29.0 Å². The van der Waals surface area contributed by atoms with Crippen LogP contribution in [0, 0.1) is 0 Å². The number of hydrogen-bond acceptors (Lipinski definition) is 5. The standard InChI is InChI=1S/C15H22N2O4S2/c1-16-11-12-22(18,19)15-8-10-17(9-7-14(15)16)23(20,21)13-5-3-2-4-6-13/h2-6,14-15H,7-12H2,1H3/t14-,15+/m0/s1. The summed E-state index contributed by atoms with van der Waals surface area (Å²) in [6.07, 6.45) is 0.913. The van der Waals surface area contributed by atoms with Crippen molar-refractivity contribution in [2.24, 2.45) is 0 Å². The van der Waals surface area contributed by atoms with Crippen LogP contribution < -0.4 is 0 Å². The van der Waals surface area contributed by atoms with Crippen molar-refractivity contribution in [3.63, 3.8) is 0 Å². The van der Waals surface area contributed by atoms with E-state index >= 15 is 0 Å². The van der Waals surface area contributed by atoms with Crippen LogP contribution in [0.15, 0.2) is 35.2 Å². The minimum absolute atomic E-state index is 0.0928. The Hall–Kier alpha value is -0.960. The molecular weight excluding hydrogens is 336 g/mol. The SMILES string of the molecule is CN1CCS(=O)(=O)[C@@H]2CCN(S(=O)(=O)c3ccccc3)CC[C@@H]21. The van der Waals surface area contributed by atoms with E-state index in [1.165, 1.54) is 4.31 Å². The maximum atomic E-state index is 12.8. The minimum Gasteiger partial charge on any atom is -0.301 e. The van der Waals surface area contributed by atoms with Crippen LogP contribution in [0.2, 0.25) is 0 Å². The van der Waals surface area contributed by atoms with E-state index in [1.54, 1.807) is 30.3 Å². The summed E-state index contributed by atoms with van der Waals surface area (Å²) in [4.78, 5) is 2.32. The first-order chi connectivity index (χ1) is 10.8. The third kappa shape index (κ3) is 3.17. The fraction of sp³-hybridized carbons (Fsp3) is 0.600. The molecule has 128 valence electrons. The Labute approximate surface area is 138 Å². The van der Waals surface area contributed by atoms with Gasteiger partial charge in [0.2, 0.25) is 10.0 Å². The molecule has 2 saturated heterocycles. The van der Waals surface area contributed by atoms with Gasteiger partial charge >= 0.3 is 0 Å². The van der Waals surface area contributed by atoms with Gasteiger partial charge in [-0.05, 0) is 32.0 Å². The summed E-state index contributed by atoms with van der Waals surface area (Å²) in [5.74, 6) is 0.163. The highest BCUT2D eigenvalue weighted by molar-refractivity contribution is 7.92. The average Bonchev–Trinajstić information content (AvgIpc) is 2.77. The number of sulfonamides is 1. The lowest BCUT2D eigenvalue weighted by atomic mass is 10.1. The van der Waals surface area contributed by atoms with E-state index < -0.39 is 25.1 Å². The molecule has 0 spiro atoms. The first-order valence-corrected chi connectivity index (χ1v) is 10.9. The molecule has 0 saturated carbocycles. The smallest absolute Gasteiger partial charge is 0.243 e. The molecule has 2 aliphatic rings. The van der Waals surface area contributed by atoms with Gasteiger partial charge in [-0.25, -0.2) is 16.8 Å². The summed E-state index contributed by atoms with van der Waals surface area (Å²) in [6, 6.07) is 8.24. The van der Waals surface area contributed by atoms with Crippen molar-refractivity contribution in [2.75, 3.05) is 32.4 Å². The van der Waals surface area contributed by atoms with E-state index in [2.05, 4.69) is 4.90 Å². The maximum absolute atomic E-state index is 12.8. The van der Waals surface area contributed by atoms with Gasteiger partial charge < -0.3 is 4.90 Å². The lowest BCUT2D eigenvalue weighted by Gasteiger charge is -2.37. The third-order valence-corrected chi connectivity index (χ3v) is 9.04. The van der Waals surface area contributed by atoms with Gasteiger partial charge in [-0.3, -0.25) is 0 Å². The molecule has 2 atom stereocenters. The van der Waals surface area contributed by atoms with Gasteiger partial charge in [0.25, 0.3) is 0 Å². The number of rotatable bonds is 2. The summed E-state index contributed by atoms with van der Waals surface area (Å²) in [5.41, 5.74) is 0. The van der Waals surface area contributed by atoms with Gasteiger partial charge in [0.05, 0.1) is 15.9 Å². The summed E-state index contributed by atoms with van der Waals surface area (Å²) < 4.78 is 51.6. The molecule has 0 radical (unpaired) electrons. The summed E-state index contributed by atoms with van der Waals surface area (Å²) >= 11 is 0. The van der Waals surface area contributed by atoms with Crippen LogP contribution in [0.1, 0.15) is 12.8 Å². The molecule has 6 nitrogen and oxygen atoms in total. The van der Waals surface area contributed by atoms with Gasteiger partial charge in [-0.15, -0.1) is 0 Å². The van der Waals surface area contributed by atoms with E-state index in [1.807, 2.05) is 7.05 Å². The van der Waals surface area contributed by atoms with E-state index in [9.17, 15) is 16.8 Å². The summed E-state index contributed by atoms with van der Waals surface area (Å²) in [5, 5.41) is -0.461. The molecule has 1 aromatic carbocycles. The van der Waals surface area contributed by atoms with E-state index in [-0.39, 0.29) is 23.2 Å². The van der Waals surface area contributed by atoms with Crippen LogP contribution >= 0.6 is 0 Å². The van der Waals surface area contributed by atoms with Crippen LogP contribution in [0.4, 0.5) is 0 Å². The summed E-state index contributed by atoms with van der Waals surface area (Å²) in [6.45, 7) is 1.14. The lowest BCUT2D eigenvalue weighted by molar-refractivity contribution is 0.223. The topological polar surface area (TPSA) is 74.8 Å². The van der Waals surface area contributed by atoms with Crippen LogP contribution in [0.5, 0.6) is 0 Å². The van der Waals surface area contributed by atoms with E-state index in [0.29, 0.717) is 25.9 Å². The zero-order valence-electron chi connectivity index (χ0n) is 13.1. The molecule has 0 amide bonds. The first kappa shape index (κ1) is 16.9. The largest absolute Gasteiger partial charge is 0.301 e. The second kappa shape index (κ2) is 6.16. The van der Waals surface area contributed by atoms with Gasteiger partial charge in [-0.2, -0.15) is 4.31 Å². The maximum Gasteiger partial charge on any atom is 0.243 e. The molecule has 2 aliphatic heterocycles. The fourth-order valence-electron chi connectivity index (χ4n) is 3.53. The molecular formula is C15H22N2O4S2. The Balaban J connectivity index is 1.86. The zero-order chi connectivity index (χ0) is 16.7. The molecule has 23 heavy (non-hydrogen) atoms. The molecule has 2 heterocycles. The molecule has 2 fully saturated rings. The highest BCUT2D eigenvalue weighted by atomic mass is 32.2. The number of hydrogen-bond donors (Lipinski definition) is 0. The van der Waals surface area contributed by atoms with Gasteiger partial charge in [0.1, 0.15) is 0 Å². The fourth-order valence-corrected chi connectivity index (χ4v) is 7.15. The van der Waals surface area contributed by atoms with Crippen LogP contribution in [0.25, 0.3) is 0 Å². The summed E-state index contributed by atoms with van der Waals surface area (Å²) in [7, 11) is -4.78. The van der Waals surface area contributed by atoms with Crippen LogP contribution in [-0.2, 0) is 19.9 Å². The number of benzene rings is 1. The van der Waals surface area contributed by atoms with Crippen molar-refractivity contribution in [1.82, 2.24) is 9.21 Å². The molecule has 0 aromatic heterocycles. The van der Waals surface area contributed by atoms with Crippen molar-refractivity contribution in [3.8, 4) is 0 Å². The quantitative estimate of drug-likeness (QED) is 0.773. The van der Waals surface area contributed by atoms with Gasteiger partial charge in [0.15, 0.2) is 9.84 Å². The molecule has 0 bridgehead atoms. The Bertz CT molecular complexity index is 762. The minimum atomic E-state index is -3.56. The van der Waals surface area contributed by atoms with Crippen molar-refractivity contribution in [3.05, 3.63) is 30.3 Å². The Morgan fingerprint density at radius 3 is 2.39 bits per heavy atom. The highest BCUT2D eigenvalue weighted by Gasteiger charge is 2.42. The second-order valence-corrected chi connectivity index (χ2v) is 10.5. The zero-order valence-corrected chi connectivity index (χ0v) is 14.8. The predicted octanol–water partition coefficient (Wildman–Crippen LogP) is 0.569. The van der Waals surface area contributed by atoms with Gasteiger partial charge in [0, 0.05) is 25.7 Å². The molecule has 1 aromatic rings. The van der Waals surface area contributed by atoms with Crippen molar-refractivity contribution < 1.29 is 16.8 Å². The normalized spacial score (nSPS) is 29.6. The van der Waals surface area contributed by atoms with E-state index in [4.69, 9.17) is 0 Å². The van der Waals surface area contributed by atoms with E-state index in [0.717, 1.165) is 0 Å². The predicted molar refractivity (Wildman–Crippen MR) is 88.4 cm³/mol. The van der Waals surface area contributed by atoms with Crippen LogP contribution in [-0.4, -0.2) is 69.8 Å². The molecule has 0 N–H and O–H groups in total. The lowest BCUT2D eigenvalue weighted by Crippen LogP contribution is -2.52. The highest BCUT2D eigenvalue weighted by Crippen LogP contribution is 2.29. The monoisotopic (exact) mass is 358 g/mol. The second-order valence-electron chi connectivity index (χ2n) is 6.25. The first-order valence-electron chi connectivity index (χ1n) is 7.79. The molecule has 0 unspecified atom stereocenters. The number of sulfone groups is 1. The van der Waals surface area contributed by atoms with Gasteiger partial charge in [-0.1, -0.05) is 18.2 Å².